The normalized spacial score (nSPS) is 11.5. The molecule has 1 amide bonds. The number of amides is 1. The van der Waals surface area contributed by atoms with Gasteiger partial charge < -0.3 is 14.8 Å². The number of hydrogen-bond donors (Lipinski definition) is 1. The molecule has 0 aliphatic heterocycles. The van der Waals surface area contributed by atoms with Gasteiger partial charge in [0.15, 0.2) is 0 Å². The molecule has 1 N–H and O–H groups in total. The Hall–Kier alpha value is -3.90. The quantitative estimate of drug-likeness (QED) is 0.304. The minimum absolute atomic E-state index is 0.200. The predicted molar refractivity (Wildman–Crippen MR) is 138 cm³/mol. The molecule has 4 aromatic rings. The van der Waals surface area contributed by atoms with Crippen LogP contribution in [-0.4, -0.2) is 25.0 Å². The fourth-order valence-corrected chi connectivity index (χ4v) is 4.69. The molecule has 3 aromatic carbocycles. The monoisotopic (exact) mass is 485 g/mol. The van der Waals surface area contributed by atoms with E-state index in [1.54, 1.807) is 11.3 Å². The second-order valence-corrected chi connectivity index (χ2v) is 9.24. The zero-order valence-electron chi connectivity index (χ0n) is 19.5. The SMILES string of the molecule is COC(=O)C(Cc1ccccc1)NC(=O)Cc1ccc(-c2ccc(OCc3ccccc3)cc2)s1. The Bertz CT molecular complexity index is 1240. The van der Waals surface area contributed by atoms with Crippen LogP contribution in [0, 0.1) is 0 Å². The number of esters is 1. The summed E-state index contributed by atoms with van der Waals surface area (Å²) in [6, 6.07) is 30.8. The van der Waals surface area contributed by atoms with Crippen LogP contribution in [0.2, 0.25) is 0 Å². The first kappa shape index (κ1) is 24.2. The van der Waals surface area contributed by atoms with E-state index in [0.29, 0.717) is 13.0 Å². The van der Waals surface area contributed by atoms with Crippen molar-refractivity contribution in [1.82, 2.24) is 5.32 Å². The highest BCUT2D eigenvalue weighted by molar-refractivity contribution is 7.15. The van der Waals surface area contributed by atoms with Crippen molar-refractivity contribution in [3.05, 3.63) is 113 Å². The Kier molecular flexibility index (Phi) is 8.30. The van der Waals surface area contributed by atoms with E-state index < -0.39 is 12.0 Å². The third kappa shape index (κ3) is 7.04. The molecule has 178 valence electrons. The summed E-state index contributed by atoms with van der Waals surface area (Å²) >= 11 is 1.56. The Morgan fingerprint density at radius 3 is 2.14 bits per heavy atom. The van der Waals surface area contributed by atoms with Crippen LogP contribution in [0.4, 0.5) is 0 Å². The van der Waals surface area contributed by atoms with Gasteiger partial charge in [0.2, 0.25) is 5.91 Å². The number of thiophene rings is 1. The summed E-state index contributed by atoms with van der Waals surface area (Å²) in [7, 11) is 1.33. The van der Waals surface area contributed by atoms with Gasteiger partial charge in [0.25, 0.3) is 0 Å². The van der Waals surface area contributed by atoms with E-state index in [2.05, 4.69) is 5.32 Å². The van der Waals surface area contributed by atoms with Crippen LogP contribution in [0.3, 0.4) is 0 Å². The molecule has 1 aromatic heterocycles. The van der Waals surface area contributed by atoms with Crippen LogP contribution in [-0.2, 0) is 33.8 Å². The topological polar surface area (TPSA) is 64.6 Å². The largest absolute Gasteiger partial charge is 0.489 e. The van der Waals surface area contributed by atoms with E-state index in [9.17, 15) is 9.59 Å². The molecule has 35 heavy (non-hydrogen) atoms. The highest BCUT2D eigenvalue weighted by Crippen LogP contribution is 2.30. The molecular weight excluding hydrogens is 458 g/mol. The molecule has 0 spiro atoms. The highest BCUT2D eigenvalue weighted by atomic mass is 32.1. The lowest BCUT2D eigenvalue weighted by molar-refractivity contribution is -0.145. The van der Waals surface area contributed by atoms with E-state index >= 15 is 0 Å². The minimum atomic E-state index is -0.724. The number of rotatable bonds is 10. The number of carbonyl (C=O) groups excluding carboxylic acids is 2. The number of hydrogen-bond acceptors (Lipinski definition) is 5. The molecule has 1 heterocycles. The summed E-state index contributed by atoms with van der Waals surface area (Å²) in [4.78, 5) is 26.9. The zero-order valence-corrected chi connectivity index (χ0v) is 20.3. The summed E-state index contributed by atoms with van der Waals surface area (Å²) in [5.74, 6) is 0.138. The number of carbonyl (C=O) groups is 2. The van der Waals surface area contributed by atoms with E-state index in [1.165, 1.54) is 7.11 Å². The standard InChI is InChI=1S/C29H27NO4S/c1-33-29(32)26(18-21-8-4-2-5-9-21)30-28(31)19-25-16-17-27(35-25)23-12-14-24(15-13-23)34-20-22-10-6-3-7-11-22/h2-17,26H,18-20H2,1H3,(H,30,31). The third-order valence-corrected chi connectivity index (χ3v) is 6.62. The van der Waals surface area contributed by atoms with Gasteiger partial charge in [0.1, 0.15) is 18.4 Å². The van der Waals surface area contributed by atoms with Crippen molar-refractivity contribution in [1.29, 1.82) is 0 Å². The van der Waals surface area contributed by atoms with Gasteiger partial charge in [0.05, 0.1) is 13.5 Å². The van der Waals surface area contributed by atoms with Gasteiger partial charge in [0, 0.05) is 16.2 Å². The van der Waals surface area contributed by atoms with Gasteiger partial charge in [-0.15, -0.1) is 11.3 Å². The molecule has 1 atom stereocenters. The van der Waals surface area contributed by atoms with Crippen LogP contribution in [0.25, 0.3) is 10.4 Å². The Balaban J connectivity index is 1.33. The maximum Gasteiger partial charge on any atom is 0.328 e. The van der Waals surface area contributed by atoms with Gasteiger partial charge >= 0.3 is 5.97 Å². The molecule has 6 heteroatoms. The van der Waals surface area contributed by atoms with Crippen molar-refractivity contribution >= 4 is 23.2 Å². The van der Waals surface area contributed by atoms with E-state index in [-0.39, 0.29) is 12.3 Å². The van der Waals surface area contributed by atoms with Gasteiger partial charge in [-0.1, -0.05) is 60.7 Å². The van der Waals surface area contributed by atoms with Crippen molar-refractivity contribution in [2.45, 2.75) is 25.5 Å². The van der Waals surface area contributed by atoms with Gasteiger partial charge in [-0.05, 0) is 53.1 Å². The third-order valence-electron chi connectivity index (χ3n) is 5.49. The molecule has 0 radical (unpaired) electrons. The Morgan fingerprint density at radius 1 is 0.829 bits per heavy atom. The summed E-state index contributed by atoms with van der Waals surface area (Å²) < 4.78 is 10.7. The molecule has 0 saturated heterocycles. The van der Waals surface area contributed by atoms with Crippen LogP contribution >= 0.6 is 11.3 Å². The summed E-state index contributed by atoms with van der Waals surface area (Å²) in [5.41, 5.74) is 3.14. The molecule has 1 unspecified atom stereocenters. The van der Waals surface area contributed by atoms with Crippen LogP contribution in [0.1, 0.15) is 16.0 Å². The average molecular weight is 486 g/mol. The molecule has 0 aliphatic rings. The van der Waals surface area contributed by atoms with Crippen LogP contribution in [0.15, 0.2) is 97.1 Å². The maximum absolute atomic E-state index is 12.7. The predicted octanol–water partition coefficient (Wildman–Crippen LogP) is 5.44. The smallest absolute Gasteiger partial charge is 0.328 e. The lowest BCUT2D eigenvalue weighted by Crippen LogP contribution is -2.43. The molecule has 0 saturated carbocycles. The molecule has 0 fully saturated rings. The van der Waals surface area contributed by atoms with Gasteiger partial charge in [-0.3, -0.25) is 4.79 Å². The Labute approximate surface area is 209 Å². The second kappa shape index (κ2) is 12.0. The van der Waals surface area contributed by atoms with Crippen LogP contribution in [0.5, 0.6) is 5.75 Å². The average Bonchev–Trinajstić information content (AvgIpc) is 3.36. The maximum atomic E-state index is 12.7. The van der Waals surface area contributed by atoms with E-state index in [4.69, 9.17) is 9.47 Å². The van der Waals surface area contributed by atoms with E-state index in [0.717, 1.165) is 32.2 Å². The lowest BCUT2D eigenvalue weighted by atomic mass is 10.1. The van der Waals surface area contributed by atoms with E-state index in [1.807, 2.05) is 97.1 Å². The molecule has 0 bridgehead atoms. The van der Waals surface area contributed by atoms with Crippen molar-refractivity contribution in [2.75, 3.05) is 7.11 Å². The van der Waals surface area contributed by atoms with Crippen molar-refractivity contribution in [3.8, 4) is 16.2 Å². The number of nitrogens with one attached hydrogen (secondary N) is 1. The van der Waals surface area contributed by atoms with Crippen molar-refractivity contribution in [3.63, 3.8) is 0 Å². The highest BCUT2D eigenvalue weighted by Gasteiger charge is 2.22. The summed E-state index contributed by atoms with van der Waals surface area (Å²) in [6.45, 7) is 0.523. The van der Waals surface area contributed by atoms with Gasteiger partial charge in [-0.25, -0.2) is 4.79 Å². The zero-order chi connectivity index (χ0) is 24.5. The molecule has 4 rings (SSSR count). The lowest BCUT2D eigenvalue weighted by Gasteiger charge is -2.16. The Morgan fingerprint density at radius 2 is 1.49 bits per heavy atom. The van der Waals surface area contributed by atoms with Crippen LogP contribution < -0.4 is 10.1 Å². The molecule has 0 aliphatic carbocycles. The fraction of sp³-hybridized carbons (Fsp3) is 0.172. The first-order valence-corrected chi connectivity index (χ1v) is 12.2. The molecular formula is C29H27NO4S. The minimum Gasteiger partial charge on any atom is -0.489 e. The van der Waals surface area contributed by atoms with Crippen molar-refractivity contribution in [2.24, 2.45) is 0 Å². The number of benzene rings is 3. The van der Waals surface area contributed by atoms with Crippen molar-refractivity contribution < 1.29 is 19.1 Å². The number of ether oxygens (including phenoxy) is 2. The first-order chi connectivity index (χ1) is 17.1. The summed E-state index contributed by atoms with van der Waals surface area (Å²) in [5, 5.41) is 2.83. The number of methoxy groups -OCH3 is 1. The fourth-order valence-electron chi connectivity index (χ4n) is 3.67. The first-order valence-electron chi connectivity index (χ1n) is 11.4. The summed E-state index contributed by atoms with van der Waals surface area (Å²) in [6.07, 6.45) is 0.582. The molecule has 5 nitrogen and oxygen atoms in total. The van der Waals surface area contributed by atoms with Gasteiger partial charge in [-0.2, -0.15) is 0 Å². The second-order valence-electron chi connectivity index (χ2n) is 8.07.